The van der Waals surface area contributed by atoms with Crippen LogP contribution in [0.2, 0.25) is 0 Å². The molecule has 0 unspecified atom stereocenters. The second-order valence-corrected chi connectivity index (χ2v) is 8.02. The molecule has 0 amide bonds. The van der Waals surface area contributed by atoms with Crippen LogP contribution in [0.1, 0.15) is 48.4 Å². The van der Waals surface area contributed by atoms with Gasteiger partial charge in [0.2, 0.25) is 0 Å². The van der Waals surface area contributed by atoms with Crippen LogP contribution in [0.25, 0.3) is 10.9 Å². The molecular weight excluding hydrogens is 412 g/mol. The molecule has 8 heteroatoms. The summed E-state index contributed by atoms with van der Waals surface area (Å²) in [4.78, 5) is 4.20. The molecule has 4 rings (SSSR count). The highest BCUT2D eigenvalue weighted by Crippen LogP contribution is 2.55. The highest BCUT2D eigenvalue weighted by Gasteiger charge is 2.62. The van der Waals surface area contributed by atoms with Gasteiger partial charge in [0.15, 0.2) is 5.60 Å². The minimum absolute atomic E-state index is 0.0252. The number of pyridine rings is 1. The summed E-state index contributed by atoms with van der Waals surface area (Å²) in [5, 5.41) is 25.0. The second kappa shape index (κ2) is 7.37. The smallest absolute Gasteiger partial charge is 0.419 e. The molecule has 1 aromatic heterocycles. The number of hydrogen-bond acceptors (Lipinski definition) is 4. The lowest BCUT2D eigenvalue weighted by Crippen LogP contribution is -2.55. The van der Waals surface area contributed by atoms with Crippen molar-refractivity contribution in [3.8, 4) is 5.75 Å². The molecule has 0 spiro atoms. The first-order valence-corrected chi connectivity index (χ1v) is 9.99. The molecule has 31 heavy (non-hydrogen) atoms. The van der Waals surface area contributed by atoms with Gasteiger partial charge in [0, 0.05) is 28.4 Å². The number of nitrogens with one attached hydrogen (secondary N) is 1. The van der Waals surface area contributed by atoms with Crippen molar-refractivity contribution in [2.45, 2.75) is 50.4 Å². The predicted octanol–water partition coefficient (Wildman–Crippen LogP) is 5.73. The average Bonchev–Trinajstić information content (AvgIpc) is 2.73. The highest BCUT2D eigenvalue weighted by atomic mass is 19.4. The van der Waals surface area contributed by atoms with Crippen LogP contribution in [0, 0.1) is 12.7 Å². The van der Waals surface area contributed by atoms with E-state index >= 15 is 0 Å². The summed E-state index contributed by atoms with van der Waals surface area (Å²) in [5.41, 5.74) is -2.17. The summed E-state index contributed by atoms with van der Waals surface area (Å²) in [6.07, 6.45) is -3.83. The first kappa shape index (κ1) is 21.4. The number of alkyl halides is 3. The number of aliphatic hydroxyl groups is 1. The molecule has 0 saturated heterocycles. The summed E-state index contributed by atoms with van der Waals surface area (Å²) < 4.78 is 57.2. The summed E-state index contributed by atoms with van der Waals surface area (Å²) in [5.74, 6) is -1.98. The zero-order valence-corrected chi connectivity index (χ0v) is 17.0. The van der Waals surface area contributed by atoms with Gasteiger partial charge in [0.05, 0.1) is 11.6 Å². The monoisotopic (exact) mass is 434 g/mol. The van der Waals surface area contributed by atoms with E-state index < -0.39 is 36.0 Å². The van der Waals surface area contributed by atoms with E-state index in [-0.39, 0.29) is 28.9 Å². The van der Waals surface area contributed by atoms with E-state index in [1.165, 1.54) is 6.92 Å². The Hall–Kier alpha value is -2.87. The van der Waals surface area contributed by atoms with Crippen molar-refractivity contribution in [2.75, 3.05) is 5.32 Å². The minimum Gasteiger partial charge on any atom is -0.507 e. The summed E-state index contributed by atoms with van der Waals surface area (Å²) in [6, 6.07) is 7.55. The van der Waals surface area contributed by atoms with Crippen LogP contribution in [0.4, 0.5) is 23.2 Å². The largest absolute Gasteiger partial charge is 0.507 e. The molecule has 0 bridgehead atoms. The van der Waals surface area contributed by atoms with Gasteiger partial charge in [-0.25, -0.2) is 4.39 Å². The third kappa shape index (κ3) is 3.29. The predicted molar refractivity (Wildman–Crippen MR) is 110 cm³/mol. The van der Waals surface area contributed by atoms with Crippen LogP contribution in [0.3, 0.4) is 0 Å². The quantitative estimate of drug-likeness (QED) is 0.461. The number of aromatic nitrogens is 1. The van der Waals surface area contributed by atoms with Gasteiger partial charge in [-0.05, 0) is 61.6 Å². The molecule has 0 saturated carbocycles. The van der Waals surface area contributed by atoms with Gasteiger partial charge in [0.1, 0.15) is 11.6 Å². The van der Waals surface area contributed by atoms with Gasteiger partial charge < -0.3 is 15.5 Å². The lowest BCUT2D eigenvalue weighted by molar-refractivity contribution is -0.272. The van der Waals surface area contributed by atoms with Crippen LogP contribution in [-0.4, -0.2) is 27.0 Å². The van der Waals surface area contributed by atoms with Crippen LogP contribution in [0.15, 0.2) is 42.6 Å². The number of fused-ring (bicyclic) bond motifs is 2. The lowest BCUT2D eigenvalue weighted by atomic mass is 9.68. The summed E-state index contributed by atoms with van der Waals surface area (Å²) >= 11 is 0. The van der Waals surface area contributed by atoms with Crippen molar-refractivity contribution >= 4 is 16.6 Å². The molecule has 3 aromatic rings. The minimum atomic E-state index is -4.99. The maximum absolute atomic E-state index is 14.6. The number of phenols is 1. The van der Waals surface area contributed by atoms with E-state index in [0.717, 1.165) is 6.07 Å². The Bertz CT molecular complexity index is 1140. The fraction of sp³-hybridized carbons (Fsp3) is 0.348. The zero-order valence-electron chi connectivity index (χ0n) is 17.0. The third-order valence-corrected chi connectivity index (χ3v) is 6.25. The van der Waals surface area contributed by atoms with Crippen molar-refractivity contribution in [2.24, 2.45) is 0 Å². The molecule has 1 heterocycles. The molecule has 3 atom stereocenters. The van der Waals surface area contributed by atoms with Crippen LogP contribution in [-0.2, 0) is 0 Å². The molecule has 0 radical (unpaired) electrons. The highest BCUT2D eigenvalue weighted by molar-refractivity contribution is 5.91. The Kier molecular flexibility index (Phi) is 5.08. The van der Waals surface area contributed by atoms with Crippen molar-refractivity contribution in [3.05, 3.63) is 65.1 Å². The SMILES string of the molecule is CC[C@@H]1C[C@](O)(C(F)(F)F)[C@@H](Nc2cccc3ncccc23)c2cc(F)c(C)c(O)c21. The summed E-state index contributed by atoms with van der Waals surface area (Å²) in [7, 11) is 0. The van der Waals surface area contributed by atoms with E-state index in [9.17, 15) is 27.8 Å². The standard InChI is InChI=1S/C23H22F4N2O2/c1-3-13-11-22(31,23(25,26)27)21(15-10-16(24)12(2)20(30)19(13)15)29-18-8-4-7-17-14(18)6-5-9-28-17/h4-10,13,21,29-31H,3,11H2,1-2H3/t13-,21+,22-/m1/s1. The number of halogens is 4. The number of nitrogens with zero attached hydrogens (tertiary/aromatic N) is 1. The Morgan fingerprint density at radius 1 is 1.23 bits per heavy atom. The number of hydrogen-bond donors (Lipinski definition) is 3. The van der Waals surface area contributed by atoms with Gasteiger partial charge in [0.25, 0.3) is 0 Å². The lowest BCUT2D eigenvalue weighted by Gasteiger charge is -2.46. The van der Waals surface area contributed by atoms with Crippen LogP contribution in [0.5, 0.6) is 5.75 Å². The first-order chi connectivity index (χ1) is 14.6. The number of phenolic OH excluding ortho intramolecular Hbond substituents is 1. The Morgan fingerprint density at radius 3 is 2.65 bits per heavy atom. The molecule has 2 aromatic carbocycles. The van der Waals surface area contributed by atoms with Gasteiger partial charge in [-0.1, -0.05) is 13.0 Å². The number of benzene rings is 2. The van der Waals surface area contributed by atoms with E-state index in [1.54, 1.807) is 43.5 Å². The molecule has 3 N–H and O–H groups in total. The normalized spacial score (nSPS) is 23.6. The zero-order chi connectivity index (χ0) is 22.6. The molecule has 0 aliphatic heterocycles. The van der Waals surface area contributed by atoms with Crippen molar-refractivity contribution in [1.29, 1.82) is 0 Å². The molecule has 164 valence electrons. The summed E-state index contributed by atoms with van der Waals surface area (Å²) in [6.45, 7) is 3.05. The fourth-order valence-corrected chi connectivity index (χ4v) is 4.50. The first-order valence-electron chi connectivity index (χ1n) is 9.99. The molecule has 1 aliphatic rings. The average molecular weight is 434 g/mol. The van der Waals surface area contributed by atoms with Crippen LogP contribution >= 0.6 is 0 Å². The van der Waals surface area contributed by atoms with Gasteiger partial charge >= 0.3 is 6.18 Å². The topological polar surface area (TPSA) is 65.4 Å². The molecule has 1 aliphatic carbocycles. The van der Waals surface area contributed by atoms with E-state index in [1.807, 2.05) is 0 Å². The Balaban J connectivity index is 1.96. The van der Waals surface area contributed by atoms with Crippen LogP contribution < -0.4 is 5.32 Å². The molecule has 0 fully saturated rings. The maximum atomic E-state index is 14.6. The van der Waals surface area contributed by atoms with E-state index in [4.69, 9.17) is 0 Å². The Labute approximate surface area is 176 Å². The van der Waals surface area contributed by atoms with Crippen molar-refractivity contribution < 1.29 is 27.8 Å². The number of aromatic hydroxyl groups is 1. The van der Waals surface area contributed by atoms with Gasteiger partial charge in [-0.3, -0.25) is 4.98 Å². The maximum Gasteiger partial charge on any atom is 0.419 e. The van der Waals surface area contributed by atoms with Gasteiger partial charge in [-0.15, -0.1) is 0 Å². The second-order valence-electron chi connectivity index (χ2n) is 8.02. The third-order valence-electron chi connectivity index (χ3n) is 6.25. The van der Waals surface area contributed by atoms with Gasteiger partial charge in [-0.2, -0.15) is 13.2 Å². The Morgan fingerprint density at radius 2 is 1.97 bits per heavy atom. The van der Waals surface area contributed by atoms with Crippen molar-refractivity contribution in [3.63, 3.8) is 0 Å². The van der Waals surface area contributed by atoms with Crippen molar-refractivity contribution in [1.82, 2.24) is 4.98 Å². The fourth-order valence-electron chi connectivity index (χ4n) is 4.50. The number of rotatable bonds is 3. The molecule has 4 nitrogen and oxygen atoms in total. The molecular formula is C23H22F4N2O2. The number of anilines is 1. The van der Waals surface area contributed by atoms with E-state index in [0.29, 0.717) is 16.6 Å². The van der Waals surface area contributed by atoms with E-state index in [2.05, 4.69) is 10.3 Å².